The topological polar surface area (TPSA) is 107 Å². The summed E-state index contributed by atoms with van der Waals surface area (Å²) in [6, 6.07) is 21.1. The molecular formula is C35H34N6O4. The number of fused-ring (bicyclic) bond motifs is 2. The van der Waals surface area contributed by atoms with Crippen LogP contribution < -0.4 is 9.64 Å². The number of rotatable bonds is 6. The van der Waals surface area contributed by atoms with Crippen molar-refractivity contribution in [1.29, 1.82) is 0 Å². The average Bonchev–Trinajstić information content (AvgIpc) is 3.72. The molecule has 0 spiro atoms. The number of allylic oxidation sites excluding steroid dienone is 1. The van der Waals surface area contributed by atoms with Crippen LogP contribution in [-0.4, -0.2) is 59.2 Å². The van der Waals surface area contributed by atoms with E-state index in [1.807, 2.05) is 6.92 Å². The number of benzene rings is 3. The average molecular weight is 603 g/mol. The number of imide groups is 1. The summed E-state index contributed by atoms with van der Waals surface area (Å²) in [5.41, 5.74) is 6.83. The van der Waals surface area contributed by atoms with Crippen molar-refractivity contribution in [3.8, 4) is 5.75 Å². The van der Waals surface area contributed by atoms with E-state index in [9.17, 15) is 14.4 Å². The molecule has 2 fully saturated rings. The number of carbonyl (C=O) groups is 3. The smallest absolute Gasteiger partial charge is 0.264 e. The number of aryl methyl sites for hydroxylation is 2. The van der Waals surface area contributed by atoms with Gasteiger partial charge >= 0.3 is 0 Å². The summed E-state index contributed by atoms with van der Waals surface area (Å²) in [6.45, 7) is 3.86. The van der Waals surface area contributed by atoms with Gasteiger partial charge in [0.1, 0.15) is 12.3 Å². The van der Waals surface area contributed by atoms with Crippen molar-refractivity contribution in [2.24, 2.45) is 21.4 Å². The van der Waals surface area contributed by atoms with Gasteiger partial charge < -0.3 is 4.74 Å². The lowest BCUT2D eigenvalue weighted by Crippen LogP contribution is -2.45. The molecule has 1 aliphatic carbocycles. The summed E-state index contributed by atoms with van der Waals surface area (Å²) < 4.78 is 5.40. The largest absolute Gasteiger partial charge is 0.495 e. The normalized spacial score (nSPS) is 24.7. The lowest BCUT2D eigenvalue weighted by Gasteiger charge is -2.30. The zero-order valence-corrected chi connectivity index (χ0v) is 25.5. The Morgan fingerprint density at radius 3 is 2.38 bits per heavy atom. The monoisotopic (exact) mass is 602 g/mol. The second-order valence-corrected chi connectivity index (χ2v) is 12.0. The number of amides is 3. The summed E-state index contributed by atoms with van der Waals surface area (Å²) in [5.74, 6) is -0.876. The van der Waals surface area contributed by atoms with Gasteiger partial charge in [0.2, 0.25) is 0 Å². The number of hydrazone groups is 1. The quantitative estimate of drug-likeness (QED) is 0.350. The van der Waals surface area contributed by atoms with Crippen LogP contribution in [0.2, 0.25) is 0 Å². The Morgan fingerprint density at radius 2 is 1.64 bits per heavy atom. The first kappa shape index (κ1) is 28.6. The first-order valence-electron chi connectivity index (χ1n) is 15.3. The van der Waals surface area contributed by atoms with Crippen LogP contribution in [0.15, 0.2) is 93.8 Å². The van der Waals surface area contributed by atoms with Crippen LogP contribution in [0.4, 0.5) is 5.69 Å². The standard InChI is InChI=1S/C35H34N6O4/c1-21-11-15-23(16-12-21)19-25-7-6-8-26-30(25)37-41(32(26)24-17-13-22(2)14-18-24)29(42)20-39-33-31(36-38-39)34(43)40(35(33)44)27-9-4-5-10-28(27)45-3/h4-5,9-19,26,31-33H,6-8,20H2,1-3H3/b25-19+/t26-,31+,32-,33-/m0/s1. The van der Waals surface area contributed by atoms with Gasteiger partial charge in [-0.25, -0.2) is 9.91 Å². The molecule has 3 amide bonds. The molecule has 0 aromatic heterocycles. The number of anilines is 1. The van der Waals surface area contributed by atoms with Gasteiger partial charge in [-0.05, 0) is 68.0 Å². The lowest BCUT2D eigenvalue weighted by molar-refractivity contribution is -0.136. The number of carbonyl (C=O) groups excluding carboxylic acids is 3. The highest BCUT2D eigenvalue weighted by molar-refractivity contribution is 6.26. The van der Waals surface area contributed by atoms with E-state index in [2.05, 4.69) is 71.9 Å². The Hall–Kier alpha value is -5.12. The molecule has 10 heteroatoms. The van der Waals surface area contributed by atoms with Crippen LogP contribution in [0.3, 0.4) is 0 Å². The highest BCUT2D eigenvalue weighted by atomic mass is 16.5. The molecule has 4 atom stereocenters. The highest BCUT2D eigenvalue weighted by Crippen LogP contribution is 2.45. The maximum absolute atomic E-state index is 14.2. The molecule has 228 valence electrons. The van der Waals surface area contributed by atoms with Gasteiger partial charge in [-0.2, -0.15) is 10.2 Å². The van der Waals surface area contributed by atoms with Crippen molar-refractivity contribution in [3.05, 3.63) is 101 Å². The third-order valence-corrected chi connectivity index (χ3v) is 9.08. The molecule has 0 bridgehead atoms. The van der Waals surface area contributed by atoms with Gasteiger partial charge in [0.15, 0.2) is 12.1 Å². The van der Waals surface area contributed by atoms with Crippen molar-refractivity contribution >= 4 is 35.2 Å². The van der Waals surface area contributed by atoms with Crippen molar-refractivity contribution < 1.29 is 19.1 Å². The van der Waals surface area contributed by atoms with Crippen LogP contribution in [-0.2, 0) is 14.4 Å². The second-order valence-electron chi connectivity index (χ2n) is 12.0. The molecular weight excluding hydrogens is 568 g/mol. The van der Waals surface area contributed by atoms with Gasteiger partial charge in [-0.1, -0.05) is 77.0 Å². The third-order valence-electron chi connectivity index (χ3n) is 9.08. The molecule has 0 radical (unpaired) electrons. The fourth-order valence-electron chi connectivity index (χ4n) is 6.78. The van der Waals surface area contributed by atoms with Crippen LogP contribution in [0.25, 0.3) is 6.08 Å². The van der Waals surface area contributed by atoms with Gasteiger partial charge in [0.25, 0.3) is 17.7 Å². The summed E-state index contributed by atoms with van der Waals surface area (Å²) in [7, 11) is 1.48. The summed E-state index contributed by atoms with van der Waals surface area (Å²) in [5, 5.41) is 16.2. The minimum atomic E-state index is -1.03. The second kappa shape index (κ2) is 11.4. The molecule has 3 aromatic rings. The number of para-hydroxylation sites is 2. The number of hydrogen-bond donors (Lipinski definition) is 0. The molecule has 7 rings (SSSR count). The third kappa shape index (κ3) is 5.00. The van der Waals surface area contributed by atoms with E-state index in [1.165, 1.54) is 17.7 Å². The van der Waals surface area contributed by atoms with Crippen LogP contribution >= 0.6 is 0 Å². The molecule has 3 aliphatic heterocycles. The Kier molecular flexibility index (Phi) is 7.27. The Labute approximate surface area is 261 Å². The molecule has 1 saturated carbocycles. The minimum Gasteiger partial charge on any atom is -0.495 e. The summed E-state index contributed by atoms with van der Waals surface area (Å²) >= 11 is 0. The van der Waals surface area contributed by atoms with Gasteiger partial charge in [-0.3, -0.25) is 19.4 Å². The Morgan fingerprint density at radius 1 is 0.933 bits per heavy atom. The molecule has 45 heavy (non-hydrogen) atoms. The number of hydrogen-bond acceptors (Lipinski definition) is 8. The number of methoxy groups -OCH3 is 1. The van der Waals surface area contributed by atoms with Gasteiger partial charge in [-0.15, -0.1) is 0 Å². The highest BCUT2D eigenvalue weighted by Gasteiger charge is 2.56. The molecule has 0 unspecified atom stereocenters. The van der Waals surface area contributed by atoms with E-state index in [-0.39, 0.29) is 24.4 Å². The zero-order chi connectivity index (χ0) is 31.2. The van der Waals surface area contributed by atoms with Crippen molar-refractivity contribution in [2.75, 3.05) is 18.6 Å². The molecule has 3 heterocycles. The van der Waals surface area contributed by atoms with E-state index < -0.39 is 23.9 Å². The van der Waals surface area contributed by atoms with E-state index in [0.29, 0.717) is 11.4 Å². The fourth-order valence-corrected chi connectivity index (χ4v) is 6.78. The first-order valence-corrected chi connectivity index (χ1v) is 15.3. The van der Waals surface area contributed by atoms with Crippen LogP contribution in [0.1, 0.15) is 47.6 Å². The SMILES string of the molecule is COc1ccccc1N1C(=O)[C@@H]2[C@@H](N=NN2CC(=O)N2N=C3/C(=C/c4ccc(C)cc4)CCC[C@@H]3[C@@H]2c2ccc(C)cc2)C1=O. The Balaban J connectivity index is 1.19. The number of ether oxygens (including phenoxy) is 1. The molecule has 4 aliphatic rings. The van der Waals surface area contributed by atoms with Crippen molar-refractivity contribution in [2.45, 2.75) is 51.2 Å². The van der Waals surface area contributed by atoms with Gasteiger partial charge in [0.05, 0.1) is 24.6 Å². The fraction of sp³-hybridized carbons (Fsp3) is 0.314. The van der Waals surface area contributed by atoms with E-state index in [4.69, 9.17) is 9.84 Å². The number of nitrogens with zero attached hydrogens (tertiary/aromatic N) is 6. The summed E-state index contributed by atoms with van der Waals surface area (Å²) in [4.78, 5) is 42.2. The van der Waals surface area contributed by atoms with Gasteiger partial charge in [0, 0.05) is 5.92 Å². The predicted molar refractivity (Wildman–Crippen MR) is 169 cm³/mol. The Bertz CT molecular complexity index is 1760. The molecule has 0 N–H and O–H groups in total. The van der Waals surface area contributed by atoms with Crippen LogP contribution in [0.5, 0.6) is 5.75 Å². The zero-order valence-electron chi connectivity index (χ0n) is 25.5. The summed E-state index contributed by atoms with van der Waals surface area (Å²) in [6.07, 6.45) is 4.96. The first-order chi connectivity index (χ1) is 21.8. The maximum Gasteiger partial charge on any atom is 0.264 e. The van der Waals surface area contributed by atoms with Crippen molar-refractivity contribution in [3.63, 3.8) is 0 Å². The molecule has 3 aromatic carbocycles. The van der Waals surface area contributed by atoms with E-state index in [0.717, 1.165) is 52.1 Å². The van der Waals surface area contributed by atoms with E-state index in [1.54, 1.807) is 29.3 Å². The predicted octanol–water partition coefficient (Wildman–Crippen LogP) is 5.43. The lowest BCUT2D eigenvalue weighted by atomic mass is 9.77. The molecule has 1 saturated heterocycles. The van der Waals surface area contributed by atoms with Crippen molar-refractivity contribution in [1.82, 2.24) is 10.0 Å². The van der Waals surface area contributed by atoms with E-state index >= 15 is 0 Å². The van der Waals surface area contributed by atoms with Crippen LogP contribution in [0, 0.1) is 19.8 Å². The molecule has 10 nitrogen and oxygen atoms in total. The maximum atomic E-state index is 14.2. The minimum absolute atomic E-state index is 0.0331.